The number of amides is 1. The predicted molar refractivity (Wildman–Crippen MR) is 71.0 cm³/mol. The Kier molecular flexibility index (Phi) is 4.14. The number of hydrogen-bond donors (Lipinski definition) is 2. The second-order valence-corrected chi connectivity index (χ2v) is 5.27. The zero-order chi connectivity index (χ0) is 14.0. The highest BCUT2D eigenvalue weighted by molar-refractivity contribution is 6.46. The number of rotatable bonds is 5. The molecule has 0 aliphatic rings. The number of primary amides is 1. The maximum absolute atomic E-state index is 10.9. The Hall–Kier alpha value is -1.40. The van der Waals surface area contributed by atoms with Crippen molar-refractivity contribution in [1.82, 2.24) is 4.98 Å². The van der Waals surface area contributed by atoms with Crippen LogP contribution in [0.5, 0.6) is 0 Å². The average molecular weight is 250 g/mol. The van der Waals surface area contributed by atoms with Gasteiger partial charge in [-0.15, -0.1) is 0 Å². The lowest BCUT2D eigenvalue weighted by molar-refractivity contribution is -0.0893. The molecular formula is C12H19BN2O3. The molecule has 0 aliphatic heterocycles. The maximum atomic E-state index is 10.9. The summed E-state index contributed by atoms with van der Waals surface area (Å²) in [7, 11) is 0.309. The van der Waals surface area contributed by atoms with Crippen molar-refractivity contribution in [3.63, 3.8) is 0 Å². The van der Waals surface area contributed by atoms with Crippen LogP contribution < -0.4 is 11.2 Å². The lowest BCUT2D eigenvalue weighted by Gasteiger charge is -2.37. The molecule has 18 heavy (non-hydrogen) atoms. The summed E-state index contributed by atoms with van der Waals surface area (Å²) >= 11 is 0. The molecule has 5 nitrogen and oxygen atoms in total. The summed E-state index contributed by atoms with van der Waals surface area (Å²) in [5.41, 5.74) is 4.50. The molecule has 0 aromatic carbocycles. The SMILES string of the molecule is CC(C)(O)C(C)(C)OBc1ccc(C(N)=O)nc1. The van der Waals surface area contributed by atoms with E-state index in [1.54, 1.807) is 32.2 Å². The number of carbonyl (C=O) groups is 1. The summed E-state index contributed by atoms with van der Waals surface area (Å²) in [6.45, 7) is 7.03. The molecule has 0 unspecified atom stereocenters. The molecule has 3 N–H and O–H groups in total. The molecule has 0 saturated carbocycles. The molecule has 0 spiro atoms. The van der Waals surface area contributed by atoms with Crippen LogP contribution in [0.25, 0.3) is 0 Å². The summed E-state index contributed by atoms with van der Waals surface area (Å²) in [6.07, 6.45) is 1.54. The summed E-state index contributed by atoms with van der Waals surface area (Å²) in [4.78, 5) is 14.8. The minimum Gasteiger partial charge on any atom is -0.427 e. The normalized spacial score (nSPS) is 12.3. The van der Waals surface area contributed by atoms with Gasteiger partial charge in [0, 0.05) is 6.20 Å². The second-order valence-electron chi connectivity index (χ2n) is 5.27. The molecule has 0 atom stereocenters. The first kappa shape index (κ1) is 14.7. The van der Waals surface area contributed by atoms with Gasteiger partial charge in [0.25, 0.3) is 5.91 Å². The molecule has 0 aliphatic carbocycles. The van der Waals surface area contributed by atoms with Gasteiger partial charge in [0.1, 0.15) is 5.69 Å². The highest BCUT2D eigenvalue weighted by Crippen LogP contribution is 2.24. The zero-order valence-corrected chi connectivity index (χ0v) is 11.2. The van der Waals surface area contributed by atoms with Crippen molar-refractivity contribution in [2.75, 3.05) is 0 Å². The fraction of sp³-hybridized carbons (Fsp3) is 0.500. The molecule has 1 rings (SSSR count). The number of hydrogen-bond acceptors (Lipinski definition) is 4. The van der Waals surface area contributed by atoms with Crippen molar-refractivity contribution >= 4 is 18.9 Å². The molecule has 0 saturated heterocycles. The van der Waals surface area contributed by atoms with E-state index < -0.39 is 17.1 Å². The minimum atomic E-state index is -0.951. The van der Waals surface area contributed by atoms with Crippen LogP contribution in [0, 0.1) is 0 Å². The average Bonchev–Trinajstić information content (AvgIpc) is 2.25. The van der Waals surface area contributed by atoms with E-state index in [0.717, 1.165) is 5.46 Å². The van der Waals surface area contributed by atoms with E-state index in [1.807, 2.05) is 13.8 Å². The monoisotopic (exact) mass is 250 g/mol. The Morgan fingerprint density at radius 1 is 1.39 bits per heavy atom. The highest BCUT2D eigenvalue weighted by Gasteiger charge is 2.35. The van der Waals surface area contributed by atoms with Crippen LogP contribution in [0.1, 0.15) is 38.2 Å². The van der Waals surface area contributed by atoms with Crippen molar-refractivity contribution in [3.05, 3.63) is 24.0 Å². The van der Waals surface area contributed by atoms with Crippen molar-refractivity contribution in [3.8, 4) is 0 Å². The van der Waals surface area contributed by atoms with Crippen LogP contribution in [0.15, 0.2) is 18.3 Å². The third-order valence-corrected chi connectivity index (χ3v) is 3.15. The third kappa shape index (κ3) is 3.55. The van der Waals surface area contributed by atoms with Gasteiger partial charge in [-0.25, -0.2) is 0 Å². The largest absolute Gasteiger partial charge is 0.427 e. The van der Waals surface area contributed by atoms with Gasteiger partial charge in [-0.3, -0.25) is 9.78 Å². The fourth-order valence-corrected chi connectivity index (χ4v) is 1.10. The fourth-order valence-electron chi connectivity index (χ4n) is 1.10. The third-order valence-electron chi connectivity index (χ3n) is 3.15. The van der Waals surface area contributed by atoms with E-state index in [4.69, 9.17) is 10.4 Å². The van der Waals surface area contributed by atoms with Gasteiger partial charge in [0.05, 0.1) is 11.2 Å². The van der Waals surface area contributed by atoms with E-state index in [9.17, 15) is 9.90 Å². The Labute approximate surface area is 108 Å². The number of aliphatic hydroxyl groups is 1. The van der Waals surface area contributed by atoms with Gasteiger partial charge >= 0.3 is 7.48 Å². The summed E-state index contributed by atoms with van der Waals surface area (Å²) in [6, 6.07) is 3.28. The van der Waals surface area contributed by atoms with Crippen molar-refractivity contribution < 1.29 is 14.6 Å². The van der Waals surface area contributed by atoms with Crippen LogP contribution in [-0.2, 0) is 4.65 Å². The second kappa shape index (κ2) is 5.08. The van der Waals surface area contributed by atoms with Crippen LogP contribution >= 0.6 is 0 Å². The standard InChI is InChI=1S/C12H19BN2O3/c1-11(2,17)12(3,4)18-13-8-5-6-9(10(14)16)15-7-8/h5-7,13,17H,1-4H3,(H2,14,16). The molecule has 1 aromatic heterocycles. The van der Waals surface area contributed by atoms with E-state index >= 15 is 0 Å². The molecule has 1 heterocycles. The Morgan fingerprint density at radius 3 is 2.39 bits per heavy atom. The lowest BCUT2D eigenvalue weighted by atomic mass is 9.83. The summed E-state index contributed by atoms with van der Waals surface area (Å²) in [5.74, 6) is -0.556. The van der Waals surface area contributed by atoms with Crippen LogP contribution in [0.2, 0.25) is 0 Å². The van der Waals surface area contributed by atoms with Gasteiger partial charge in [0.15, 0.2) is 0 Å². The Bertz CT molecular complexity index is 424. The molecule has 0 radical (unpaired) electrons. The number of nitrogens with two attached hydrogens (primary N) is 1. The zero-order valence-electron chi connectivity index (χ0n) is 11.2. The van der Waals surface area contributed by atoms with Crippen molar-refractivity contribution in [2.24, 2.45) is 5.73 Å². The highest BCUT2D eigenvalue weighted by atomic mass is 16.5. The first-order chi connectivity index (χ1) is 8.13. The first-order valence-corrected chi connectivity index (χ1v) is 5.74. The van der Waals surface area contributed by atoms with E-state index in [0.29, 0.717) is 7.48 Å². The predicted octanol–water partition coefficient (Wildman–Crippen LogP) is -0.277. The smallest absolute Gasteiger partial charge is 0.311 e. The van der Waals surface area contributed by atoms with Crippen molar-refractivity contribution in [1.29, 1.82) is 0 Å². The topological polar surface area (TPSA) is 85.4 Å². The van der Waals surface area contributed by atoms with Crippen molar-refractivity contribution in [2.45, 2.75) is 38.9 Å². The number of carbonyl (C=O) groups excluding carboxylic acids is 1. The van der Waals surface area contributed by atoms with Crippen LogP contribution in [0.4, 0.5) is 0 Å². The van der Waals surface area contributed by atoms with E-state index in [2.05, 4.69) is 4.98 Å². The maximum Gasteiger partial charge on any atom is 0.311 e. The molecule has 6 heteroatoms. The molecule has 0 bridgehead atoms. The number of aromatic nitrogens is 1. The van der Waals surface area contributed by atoms with E-state index in [-0.39, 0.29) is 5.69 Å². The van der Waals surface area contributed by atoms with Gasteiger partial charge in [-0.2, -0.15) is 0 Å². The van der Waals surface area contributed by atoms with Gasteiger partial charge in [0.2, 0.25) is 0 Å². The van der Waals surface area contributed by atoms with E-state index in [1.165, 1.54) is 0 Å². The molecule has 98 valence electrons. The Balaban J connectivity index is 2.67. The molecule has 1 aromatic rings. The van der Waals surface area contributed by atoms with Gasteiger partial charge < -0.3 is 15.5 Å². The molecule has 1 amide bonds. The number of pyridine rings is 1. The van der Waals surface area contributed by atoms with Crippen LogP contribution in [0.3, 0.4) is 0 Å². The molecule has 0 fully saturated rings. The van der Waals surface area contributed by atoms with Crippen LogP contribution in [-0.4, -0.2) is 34.7 Å². The summed E-state index contributed by atoms with van der Waals surface area (Å²) < 4.78 is 5.67. The number of nitrogens with zero attached hydrogens (tertiary/aromatic N) is 1. The van der Waals surface area contributed by atoms with Gasteiger partial charge in [-0.1, -0.05) is 6.07 Å². The quantitative estimate of drug-likeness (QED) is 0.704. The molecular weight excluding hydrogens is 231 g/mol. The minimum absolute atomic E-state index is 0.223. The first-order valence-electron chi connectivity index (χ1n) is 5.74. The Morgan fingerprint density at radius 2 is 2.00 bits per heavy atom. The summed E-state index contributed by atoms with van der Waals surface area (Å²) in [5, 5.41) is 9.94. The van der Waals surface area contributed by atoms with Gasteiger partial charge in [-0.05, 0) is 39.2 Å². The lowest BCUT2D eigenvalue weighted by Crippen LogP contribution is -2.49.